The van der Waals surface area contributed by atoms with Crippen LogP contribution in [0.2, 0.25) is 0 Å². The van der Waals surface area contributed by atoms with Gasteiger partial charge in [0, 0.05) is 5.57 Å². The molecule has 4 heteroatoms. The molecule has 4 nitrogen and oxygen atoms in total. The normalized spacial score (nSPS) is 16.6. The fourth-order valence-electron chi connectivity index (χ4n) is 2.07. The first-order valence-electron chi connectivity index (χ1n) is 7.19. The highest BCUT2D eigenvalue weighted by atomic mass is 16.7. The molecule has 1 aromatic rings. The van der Waals surface area contributed by atoms with Gasteiger partial charge in [0.2, 0.25) is 0 Å². The highest BCUT2D eigenvalue weighted by Crippen LogP contribution is 2.19. The molecule has 22 heavy (non-hydrogen) atoms. The van der Waals surface area contributed by atoms with E-state index in [0.717, 1.165) is 5.56 Å². The molecule has 0 saturated heterocycles. The summed E-state index contributed by atoms with van der Waals surface area (Å²) in [4.78, 5) is 28.8. The van der Waals surface area contributed by atoms with Gasteiger partial charge < -0.3 is 4.84 Å². The number of oxime groups is 1. The Kier molecular flexibility index (Phi) is 4.71. The van der Waals surface area contributed by atoms with Crippen LogP contribution in [0, 0.1) is 12.8 Å². The van der Waals surface area contributed by atoms with Crippen LogP contribution < -0.4 is 0 Å². The number of hydrogen-bond acceptors (Lipinski definition) is 4. The number of nitrogens with zero attached hydrogens (tertiary/aromatic N) is 1. The second-order valence-corrected chi connectivity index (χ2v) is 5.67. The molecule has 114 valence electrons. The van der Waals surface area contributed by atoms with Gasteiger partial charge in [0.05, 0.1) is 5.56 Å². The molecule has 0 atom stereocenters. The maximum absolute atomic E-state index is 11.9. The fourth-order valence-corrected chi connectivity index (χ4v) is 2.07. The van der Waals surface area contributed by atoms with Gasteiger partial charge >= 0.3 is 5.97 Å². The number of carbonyl (C=O) groups excluding carboxylic acids is 2. The molecule has 0 saturated carbocycles. The zero-order valence-electron chi connectivity index (χ0n) is 13.2. The average Bonchev–Trinajstić information content (AvgIpc) is 2.46. The highest BCUT2D eigenvalue weighted by Gasteiger charge is 2.19. The molecule has 0 heterocycles. The number of hydrogen-bond donors (Lipinski definition) is 0. The van der Waals surface area contributed by atoms with E-state index in [4.69, 9.17) is 4.84 Å². The Bertz CT molecular complexity index is 692. The van der Waals surface area contributed by atoms with Gasteiger partial charge in [-0.3, -0.25) is 4.79 Å². The van der Waals surface area contributed by atoms with E-state index in [-0.39, 0.29) is 11.7 Å². The maximum atomic E-state index is 11.9. The van der Waals surface area contributed by atoms with E-state index in [0.29, 0.717) is 22.4 Å². The van der Waals surface area contributed by atoms with E-state index in [1.165, 1.54) is 6.08 Å². The van der Waals surface area contributed by atoms with E-state index in [1.54, 1.807) is 25.1 Å². The molecule has 1 aliphatic carbocycles. The molecule has 2 rings (SSSR count). The van der Waals surface area contributed by atoms with Crippen molar-refractivity contribution in [2.75, 3.05) is 0 Å². The Morgan fingerprint density at radius 3 is 2.32 bits per heavy atom. The van der Waals surface area contributed by atoms with E-state index in [9.17, 15) is 9.59 Å². The van der Waals surface area contributed by atoms with Crippen LogP contribution in [0.3, 0.4) is 0 Å². The van der Waals surface area contributed by atoms with Gasteiger partial charge in [-0.1, -0.05) is 36.7 Å². The Labute approximate surface area is 130 Å². The third-order valence-corrected chi connectivity index (χ3v) is 3.46. The van der Waals surface area contributed by atoms with Crippen molar-refractivity contribution in [3.05, 3.63) is 58.7 Å². The van der Waals surface area contributed by atoms with Gasteiger partial charge in [0.1, 0.15) is 5.71 Å². The van der Waals surface area contributed by atoms with Crippen molar-refractivity contribution in [3.8, 4) is 0 Å². The number of ketones is 1. The van der Waals surface area contributed by atoms with Crippen LogP contribution in [0.1, 0.15) is 36.7 Å². The Balaban J connectivity index is 2.18. The van der Waals surface area contributed by atoms with Crippen LogP contribution >= 0.6 is 0 Å². The van der Waals surface area contributed by atoms with Crippen LogP contribution in [0.15, 0.2) is 52.7 Å². The predicted molar refractivity (Wildman–Crippen MR) is 85.7 cm³/mol. The summed E-state index contributed by atoms with van der Waals surface area (Å²) < 4.78 is 0. The van der Waals surface area contributed by atoms with E-state index >= 15 is 0 Å². The second kappa shape index (κ2) is 6.52. The monoisotopic (exact) mass is 297 g/mol. The SMILES string of the molecule is CC1=CC(=O)C(C(C)C)=C/C1=N/OC(=O)c1ccc(C)cc1. The predicted octanol–water partition coefficient (Wildman–Crippen LogP) is 3.62. The van der Waals surface area contributed by atoms with Gasteiger partial charge in [-0.15, -0.1) is 0 Å². The van der Waals surface area contributed by atoms with Crippen molar-refractivity contribution in [1.82, 2.24) is 0 Å². The van der Waals surface area contributed by atoms with Crippen molar-refractivity contribution >= 4 is 17.5 Å². The summed E-state index contributed by atoms with van der Waals surface area (Å²) >= 11 is 0. The zero-order valence-corrected chi connectivity index (χ0v) is 13.2. The molecule has 0 amide bonds. The molecule has 0 unspecified atom stereocenters. The number of allylic oxidation sites excluding steroid dienone is 4. The van der Waals surface area contributed by atoms with Crippen molar-refractivity contribution in [2.45, 2.75) is 27.7 Å². The van der Waals surface area contributed by atoms with E-state index in [1.807, 2.05) is 32.9 Å². The van der Waals surface area contributed by atoms with Crippen molar-refractivity contribution in [3.63, 3.8) is 0 Å². The Morgan fingerprint density at radius 2 is 1.73 bits per heavy atom. The molecule has 0 bridgehead atoms. The summed E-state index contributed by atoms with van der Waals surface area (Å²) in [6, 6.07) is 7.07. The molecule has 0 aromatic heterocycles. The van der Waals surface area contributed by atoms with Crippen LogP contribution in [-0.2, 0) is 9.63 Å². The second-order valence-electron chi connectivity index (χ2n) is 5.67. The van der Waals surface area contributed by atoms with Gasteiger partial charge in [-0.05, 0) is 49.6 Å². The molecular formula is C18H19NO3. The summed E-state index contributed by atoms with van der Waals surface area (Å²) in [7, 11) is 0. The summed E-state index contributed by atoms with van der Waals surface area (Å²) in [6.45, 7) is 7.59. The number of rotatable bonds is 3. The lowest BCUT2D eigenvalue weighted by Gasteiger charge is -2.14. The van der Waals surface area contributed by atoms with Crippen molar-refractivity contribution in [2.24, 2.45) is 11.1 Å². The topological polar surface area (TPSA) is 55.7 Å². The number of carbonyl (C=O) groups is 2. The standard InChI is InChI=1S/C18H19NO3/c1-11(2)15-10-16(13(4)9-17(15)20)19-22-18(21)14-7-5-12(3)6-8-14/h5-11H,1-4H3/b19-16-. The van der Waals surface area contributed by atoms with E-state index < -0.39 is 5.97 Å². The van der Waals surface area contributed by atoms with Crippen LogP contribution in [0.4, 0.5) is 0 Å². The smallest absolute Gasteiger partial charge is 0.312 e. The average molecular weight is 297 g/mol. The molecule has 1 aromatic carbocycles. The lowest BCUT2D eigenvalue weighted by molar-refractivity contribution is -0.111. The highest BCUT2D eigenvalue weighted by molar-refractivity contribution is 6.21. The van der Waals surface area contributed by atoms with E-state index in [2.05, 4.69) is 5.16 Å². The summed E-state index contributed by atoms with van der Waals surface area (Å²) in [5.74, 6) is -0.442. The maximum Gasteiger partial charge on any atom is 0.365 e. The Morgan fingerprint density at radius 1 is 1.09 bits per heavy atom. The molecule has 0 aliphatic heterocycles. The summed E-state index contributed by atoms with van der Waals surface area (Å²) in [6.07, 6.45) is 3.21. The van der Waals surface area contributed by atoms with Crippen LogP contribution in [0.5, 0.6) is 0 Å². The quantitative estimate of drug-likeness (QED) is 0.486. The van der Waals surface area contributed by atoms with Gasteiger partial charge in [0.25, 0.3) is 0 Å². The first kappa shape index (κ1) is 15.9. The minimum absolute atomic E-state index is 0.0173. The van der Waals surface area contributed by atoms with Crippen LogP contribution in [-0.4, -0.2) is 17.5 Å². The lowest BCUT2D eigenvalue weighted by Crippen LogP contribution is -2.16. The number of benzene rings is 1. The first-order chi connectivity index (χ1) is 10.4. The third kappa shape index (κ3) is 3.58. The summed E-state index contributed by atoms with van der Waals surface area (Å²) in [5, 5.41) is 3.90. The third-order valence-electron chi connectivity index (χ3n) is 3.46. The zero-order chi connectivity index (χ0) is 16.3. The van der Waals surface area contributed by atoms with Crippen LogP contribution in [0.25, 0.3) is 0 Å². The van der Waals surface area contributed by atoms with Gasteiger partial charge in [-0.2, -0.15) is 0 Å². The van der Waals surface area contributed by atoms with Crippen molar-refractivity contribution in [1.29, 1.82) is 0 Å². The Hall–Kier alpha value is -2.49. The molecular weight excluding hydrogens is 278 g/mol. The minimum atomic E-state index is -0.517. The molecule has 0 N–H and O–H groups in total. The van der Waals surface area contributed by atoms with Crippen molar-refractivity contribution < 1.29 is 14.4 Å². The lowest BCUT2D eigenvalue weighted by atomic mass is 9.90. The minimum Gasteiger partial charge on any atom is -0.312 e. The summed E-state index contributed by atoms with van der Waals surface area (Å²) in [5.41, 5.74) is 3.36. The fraction of sp³-hybridized carbons (Fsp3) is 0.278. The number of aryl methyl sites for hydroxylation is 1. The first-order valence-corrected chi connectivity index (χ1v) is 7.19. The molecule has 1 aliphatic rings. The largest absolute Gasteiger partial charge is 0.365 e. The van der Waals surface area contributed by atoms with Gasteiger partial charge in [-0.25, -0.2) is 4.79 Å². The van der Waals surface area contributed by atoms with Gasteiger partial charge in [0.15, 0.2) is 5.78 Å². The molecule has 0 spiro atoms. The molecule has 0 fully saturated rings. The molecule has 0 radical (unpaired) electrons.